The van der Waals surface area contributed by atoms with Crippen molar-refractivity contribution in [3.05, 3.63) is 57.6 Å². The zero-order chi connectivity index (χ0) is 23.4. The van der Waals surface area contributed by atoms with E-state index >= 15 is 0 Å². The summed E-state index contributed by atoms with van der Waals surface area (Å²) in [4.78, 5) is 39.1. The van der Waals surface area contributed by atoms with Crippen LogP contribution in [-0.4, -0.2) is 31.1 Å². The smallest absolute Gasteiger partial charge is 0.335 e. The van der Waals surface area contributed by atoms with E-state index in [4.69, 9.17) is 27.5 Å². The maximum Gasteiger partial charge on any atom is 0.335 e. The number of nitrogens with zero attached hydrogens (tertiary/aromatic N) is 1. The first-order chi connectivity index (χ1) is 15.3. The van der Waals surface area contributed by atoms with Gasteiger partial charge in [0.1, 0.15) is 12.2 Å². The predicted octanol–water partition coefficient (Wildman–Crippen LogP) is 4.03. The van der Waals surface area contributed by atoms with E-state index in [9.17, 15) is 14.4 Å². The van der Waals surface area contributed by atoms with Gasteiger partial charge >= 0.3 is 6.03 Å². The van der Waals surface area contributed by atoms with E-state index in [1.165, 1.54) is 12.1 Å². The molecule has 0 unspecified atom stereocenters. The van der Waals surface area contributed by atoms with Crippen molar-refractivity contribution in [3.63, 3.8) is 0 Å². The molecule has 0 bridgehead atoms. The first-order valence-corrected chi connectivity index (χ1v) is 10.2. The van der Waals surface area contributed by atoms with Gasteiger partial charge in [-0.3, -0.25) is 14.9 Å². The fourth-order valence-electron chi connectivity index (χ4n) is 3.19. The third-order valence-corrected chi connectivity index (χ3v) is 4.93. The Hall–Kier alpha value is -3.76. The Kier molecular flexibility index (Phi) is 6.86. The van der Waals surface area contributed by atoms with Crippen molar-refractivity contribution in [1.29, 1.82) is 0 Å². The number of benzene rings is 2. The number of amides is 4. The molecule has 0 saturated carbocycles. The Morgan fingerprint density at radius 1 is 1.16 bits per heavy atom. The topological polar surface area (TPSA) is 84.9 Å². The third-order valence-electron chi connectivity index (χ3n) is 4.65. The van der Waals surface area contributed by atoms with Gasteiger partial charge in [0.25, 0.3) is 11.8 Å². The zero-order valence-electron chi connectivity index (χ0n) is 17.8. The summed E-state index contributed by atoms with van der Waals surface area (Å²) < 4.78 is 11.0. The molecule has 0 aliphatic carbocycles. The zero-order valence-corrected chi connectivity index (χ0v) is 18.6. The van der Waals surface area contributed by atoms with Gasteiger partial charge in [0, 0.05) is 0 Å². The minimum Gasteiger partial charge on any atom is -0.490 e. The van der Waals surface area contributed by atoms with Crippen molar-refractivity contribution in [2.75, 3.05) is 18.1 Å². The Labute approximate surface area is 190 Å². The van der Waals surface area contributed by atoms with E-state index in [0.29, 0.717) is 29.2 Å². The number of hydrogen-bond donors (Lipinski definition) is 1. The Balaban J connectivity index is 2.06. The van der Waals surface area contributed by atoms with E-state index in [1.54, 1.807) is 32.0 Å². The summed E-state index contributed by atoms with van der Waals surface area (Å²) in [6.07, 6.45) is 6.59. The van der Waals surface area contributed by atoms with Gasteiger partial charge in [-0.05, 0) is 61.7 Å². The molecule has 2 aromatic rings. The number of imide groups is 2. The van der Waals surface area contributed by atoms with Crippen LogP contribution in [0.5, 0.6) is 11.5 Å². The molecule has 4 amide bonds. The summed E-state index contributed by atoms with van der Waals surface area (Å²) in [7, 11) is 0. The lowest BCUT2D eigenvalue weighted by molar-refractivity contribution is -0.122. The highest BCUT2D eigenvalue weighted by molar-refractivity contribution is 6.39. The Bertz CT molecular complexity index is 1180. The lowest BCUT2D eigenvalue weighted by Crippen LogP contribution is -2.54. The molecular formula is C24H21ClN2O5. The predicted molar refractivity (Wildman–Crippen MR) is 122 cm³/mol. The number of urea groups is 1. The van der Waals surface area contributed by atoms with Crippen LogP contribution in [0.4, 0.5) is 10.5 Å². The quantitative estimate of drug-likeness (QED) is 0.406. The van der Waals surface area contributed by atoms with E-state index in [0.717, 1.165) is 10.5 Å². The lowest BCUT2D eigenvalue weighted by Gasteiger charge is -2.27. The average molecular weight is 453 g/mol. The molecule has 2 aromatic carbocycles. The van der Waals surface area contributed by atoms with Crippen LogP contribution < -0.4 is 19.7 Å². The van der Waals surface area contributed by atoms with Crippen molar-refractivity contribution in [2.45, 2.75) is 20.8 Å². The van der Waals surface area contributed by atoms with Gasteiger partial charge < -0.3 is 9.47 Å². The third kappa shape index (κ3) is 4.61. The molecule has 0 atom stereocenters. The van der Waals surface area contributed by atoms with Gasteiger partial charge in [-0.1, -0.05) is 29.7 Å². The molecule has 1 fully saturated rings. The fourth-order valence-corrected chi connectivity index (χ4v) is 3.47. The second-order valence-corrected chi connectivity index (χ2v) is 7.41. The largest absolute Gasteiger partial charge is 0.490 e. The number of halogens is 1. The van der Waals surface area contributed by atoms with Crippen molar-refractivity contribution in [3.8, 4) is 23.8 Å². The molecule has 1 saturated heterocycles. The van der Waals surface area contributed by atoms with E-state index < -0.39 is 17.8 Å². The number of barbiturate groups is 1. The number of anilines is 1. The maximum absolute atomic E-state index is 13.2. The molecule has 7 nitrogen and oxygen atoms in total. The normalized spacial score (nSPS) is 14.9. The molecule has 1 aliphatic rings. The molecule has 3 rings (SSSR count). The van der Waals surface area contributed by atoms with Crippen molar-refractivity contribution in [2.24, 2.45) is 0 Å². The highest BCUT2D eigenvalue weighted by Crippen LogP contribution is 2.37. The van der Waals surface area contributed by atoms with Gasteiger partial charge in [-0.25, -0.2) is 9.69 Å². The van der Waals surface area contributed by atoms with E-state index in [1.807, 2.05) is 13.0 Å². The molecule has 1 aliphatic heterocycles. The molecular weight excluding hydrogens is 432 g/mol. The highest BCUT2D eigenvalue weighted by Gasteiger charge is 2.37. The van der Waals surface area contributed by atoms with Crippen molar-refractivity contribution >= 4 is 41.2 Å². The second kappa shape index (κ2) is 9.58. The molecule has 0 spiro atoms. The molecule has 1 N–H and O–H groups in total. The van der Waals surface area contributed by atoms with Gasteiger partial charge in [0.2, 0.25) is 0 Å². The SMILES string of the molecule is C#CCOc1c(Cl)cc(/C=C2\C(=O)NC(=O)N(c3cc(C)ccc3C)C2=O)cc1OCC. The summed E-state index contributed by atoms with van der Waals surface area (Å²) in [6.45, 7) is 5.73. The van der Waals surface area contributed by atoms with Crippen LogP contribution >= 0.6 is 11.6 Å². The standard InChI is InChI=1S/C24H21ClN2O5/c1-5-9-32-21-18(25)12-16(13-20(21)31-6-2)11-17-22(28)26-24(30)27(23(17)29)19-10-14(3)7-8-15(19)4/h1,7-8,10-13H,6,9H2,2-4H3,(H,26,28,30)/b17-11+. The van der Waals surface area contributed by atoms with Crippen LogP contribution in [0.1, 0.15) is 23.6 Å². The number of terminal acetylenes is 1. The van der Waals surface area contributed by atoms with Gasteiger partial charge in [0.05, 0.1) is 17.3 Å². The van der Waals surface area contributed by atoms with Crippen LogP contribution in [0.15, 0.2) is 35.9 Å². The van der Waals surface area contributed by atoms with Crippen molar-refractivity contribution in [1.82, 2.24) is 5.32 Å². The number of rotatable bonds is 6. The molecule has 32 heavy (non-hydrogen) atoms. The summed E-state index contributed by atoms with van der Waals surface area (Å²) >= 11 is 6.33. The number of aryl methyl sites for hydroxylation is 2. The minimum absolute atomic E-state index is 0.00592. The second-order valence-electron chi connectivity index (χ2n) is 7.00. The van der Waals surface area contributed by atoms with E-state index in [-0.39, 0.29) is 23.0 Å². The van der Waals surface area contributed by atoms with Crippen LogP contribution in [0.2, 0.25) is 5.02 Å². The molecule has 1 heterocycles. The first kappa shape index (κ1) is 22.9. The fraction of sp³-hybridized carbons (Fsp3) is 0.208. The summed E-state index contributed by atoms with van der Waals surface area (Å²) in [5, 5.41) is 2.42. The first-order valence-electron chi connectivity index (χ1n) is 9.78. The molecule has 0 radical (unpaired) electrons. The number of carbonyl (C=O) groups excluding carboxylic acids is 3. The maximum atomic E-state index is 13.2. The van der Waals surface area contributed by atoms with Gasteiger partial charge in [-0.15, -0.1) is 6.42 Å². The van der Waals surface area contributed by atoms with Crippen LogP contribution in [0, 0.1) is 26.2 Å². The Morgan fingerprint density at radius 2 is 1.91 bits per heavy atom. The minimum atomic E-state index is -0.808. The Morgan fingerprint density at radius 3 is 2.59 bits per heavy atom. The van der Waals surface area contributed by atoms with Crippen LogP contribution in [0.3, 0.4) is 0 Å². The number of carbonyl (C=O) groups is 3. The average Bonchev–Trinajstić information content (AvgIpc) is 2.73. The highest BCUT2D eigenvalue weighted by atomic mass is 35.5. The van der Waals surface area contributed by atoms with Gasteiger partial charge in [-0.2, -0.15) is 0 Å². The number of hydrogen-bond acceptors (Lipinski definition) is 5. The van der Waals surface area contributed by atoms with Crippen LogP contribution in [-0.2, 0) is 9.59 Å². The van der Waals surface area contributed by atoms with E-state index in [2.05, 4.69) is 11.2 Å². The molecule has 8 heteroatoms. The molecule has 0 aromatic heterocycles. The number of nitrogens with one attached hydrogen (secondary N) is 1. The summed E-state index contributed by atoms with van der Waals surface area (Å²) in [5.41, 5.74) is 2.17. The van der Waals surface area contributed by atoms with Crippen molar-refractivity contribution < 1.29 is 23.9 Å². The van der Waals surface area contributed by atoms with Gasteiger partial charge in [0.15, 0.2) is 11.5 Å². The van der Waals surface area contributed by atoms with Crippen LogP contribution in [0.25, 0.3) is 6.08 Å². The lowest BCUT2D eigenvalue weighted by atomic mass is 10.0. The summed E-state index contributed by atoms with van der Waals surface area (Å²) in [6, 6.07) is 7.66. The summed E-state index contributed by atoms with van der Waals surface area (Å²) in [5.74, 6) is 1.39. The monoisotopic (exact) mass is 452 g/mol. The molecule has 164 valence electrons. The number of ether oxygens (including phenoxy) is 2.